The number of nitrogens with zero attached hydrogens (tertiary/aromatic N) is 1. The second-order valence-corrected chi connectivity index (χ2v) is 5.93. The van der Waals surface area contributed by atoms with E-state index in [0.29, 0.717) is 12.6 Å². The lowest BCUT2D eigenvalue weighted by molar-refractivity contribution is 0.215. The van der Waals surface area contributed by atoms with Crippen LogP contribution in [0.2, 0.25) is 5.02 Å². The summed E-state index contributed by atoms with van der Waals surface area (Å²) >= 11 is 6.23. The molecule has 0 saturated heterocycles. The van der Waals surface area contributed by atoms with Crippen LogP contribution in [-0.2, 0) is 6.54 Å². The van der Waals surface area contributed by atoms with Gasteiger partial charge in [-0.15, -0.1) is 0 Å². The third-order valence-corrected chi connectivity index (χ3v) is 4.66. The van der Waals surface area contributed by atoms with Crippen LogP contribution in [0.3, 0.4) is 0 Å². The molecule has 19 heavy (non-hydrogen) atoms. The van der Waals surface area contributed by atoms with Crippen LogP contribution in [0, 0.1) is 6.92 Å². The second kappa shape index (κ2) is 6.74. The highest BCUT2D eigenvalue weighted by Gasteiger charge is 2.30. The SMILES string of the molecule is CCCCCCN1Cc2c(ccc(Cl)c2C)C1CN. The molecular weight excluding hydrogens is 256 g/mol. The first-order chi connectivity index (χ1) is 9.19. The molecule has 1 aliphatic rings. The number of nitrogens with two attached hydrogens (primary N) is 1. The monoisotopic (exact) mass is 280 g/mol. The van der Waals surface area contributed by atoms with Crippen molar-refractivity contribution in [3.63, 3.8) is 0 Å². The highest BCUT2D eigenvalue weighted by atomic mass is 35.5. The largest absolute Gasteiger partial charge is 0.329 e. The number of halogens is 1. The quantitative estimate of drug-likeness (QED) is 0.797. The van der Waals surface area contributed by atoms with Crippen molar-refractivity contribution in [2.45, 2.75) is 52.1 Å². The van der Waals surface area contributed by atoms with Crippen LogP contribution in [0.25, 0.3) is 0 Å². The molecule has 1 atom stereocenters. The number of hydrogen-bond donors (Lipinski definition) is 1. The number of unbranched alkanes of at least 4 members (excludes halogenated alkanes) is 3. The van der Waals surface area contributed by atoms with E-state index in [2.05, 4.69) is 24.8 Å². The summed E-state index contributed by atoms with van der Waals surface area (Å²) in [4.78, 5) is 2.52. The molecule has 0 fully saturated rings. The molecule has 1 unspecified atom stereocenters. The summed E-state index contributed by atoms with van der Waals surface area (Å²) in [6, 6.07) is 4.56. The predicted molar refractivity (Wildman–Crippen MR) is 82.5 cm³/mol. The van der Waals surface area contributed by atoms with E-state index in [0.717, 1.165) is 18.1 Å². The van der Waals surface area contributed by atoms with E-state index in [1.807, 2.05) is 6.07 Å². The van der Waals surface area contributed by atoms with Crippen molar-refractivity contribution in [1.82, 2.24) is 4.90 Å². The van der Waals surface area contributed by atoms with Gasteiger partial charge in [0.1, 0.15) is 0 Å². The molecular formula is C16H25ClN2. The van der Waals surface area contributed by atoms with Gasteiger partial charge >= 0.3 is 0 Å². The Morgan fingerprint density at radius 2 is 2.11 bits per heavy atom. The molecule has 0 amide bonds. The Bertz CT molecular complexity index is 431. The van der Waals surface area contributed by atoms with E-state index in [1.54, 1.807) is 0 Å². The Labute approximate surface area is 121 Å². The molecule has 106 valence electrons. The van der Waals surface area contributed by atoms with E-state index in [9.17, 15) is 0 Å². The lowest BCUT2D eigenvalue weighted by Crippen LogP contribution is -2.28. The van der Waals surface area contributed by atoms with Gasteiger partial charge in [0.15, 0.2) is 0 Å². The van der Waals surface area contributed by atoms with Gasteiger partial charge in [0.25, 0.3) is 0 Å². The van der Waals surface area contributed by atoms with Gasteiger partial charge in [-0.3, -0.25) is 4.90 Å². The van der Waals surface area contributed by atoms with E-state index >= 15 is 0 Å². The second-order valence-electron chi connectivity index (χ2n) is 5.52. The fraction of sp³-hybridized carbons (Fsp3) is 0.625. The molecule has 0 aromatic heterocycles. The lowest BCUT2D eigenvalue weighted by atomic mass is 10.0. The van der Waals surface area contributed by atoms with E-state index in [-0.39, 0.29) is 0 Å². The maximum atomic E-state index is 6.23. The van der Waals surface area contributed by atoms with Crippen LogP contribution in [-0.4, -0.2) is 18.0 Å². The van der Waals surface area contributed by atoms with Gasteiger partial charge in [-0.25, -0.2) is 0 Å². The minimum atomic E-state index is 0.382. The third kappa shape index (κ3) is 3.13. The van der Waals surface area contributed by atoms with E-state index < -0.39 is 0 Å². The number of fused-ring (bicyclic) bond motifs is 1. The zero-order valence-electron chi connectivity index (χ0n) is 12.1. The van der Waals surface area contributed by atoms with Crippen molar-refractivity contribution in [3.05, 3.63) is 33.8 Å². The van der Waals surface area contributed by atoms with E-state index in [1.165, 1.54) is 42.4 Å². The van der Waals surface area contributed by atoms with Crippen molar-refractivity contribution < 1.29 is 0 Å². The maximum absolute atomic E-state index is 6.23. The van der Waals surface area contributed by atoms with Crippen LogP contribution < -0.4 is 5.73 Å². The molecule has 1 heterocycles. The molecule has 0 bridgehead atoms. The summed E-state index contributed by atoms with van der Waals surface area (Å²) < 4.78 is 0. The zero-order chi connectivity index (χ0) is 13.8. The maximum Gasteiger partial charge on any atom is 0.0477 e. The summed E-state index contributed by atoms with van der Waals surface area (Å²) in [6.07, 6.45) is 5.21. The minimum Gasteiger partial charge on any atom is -0.329 e. The first kappa shape index (κ1) is 14.8. The smallest absolute Gasteiger partial charge is 0.0477 e. The number of hydrogen-bond acceptors (Lipinski definition) is 2. The normalized spacial score (nSPS) is 18.8. The molecule has 2 nitrogen and oxygen atoms in total. The Morgan fingerprint density at radius 1 is 1.32 bits per heavy atom. The summed E-state index contributed by atoms with van der Waals surface area (Å²) in [5.41, 5.74) is 10.0. The van der Waals surface area contributed by atoms with Crippen molar-refractivity contribution in [3.8, 4) is 0 Å². The number of rotatable bonds is 6. The zero-order valence-corrected chi connectivity index (χ0v) is 12.8. The van der Waals surface area contributed by atoms with E-state index in [4.69, 9.17) is 17.3 Å². The van der Waals surface area contributed by atoms with Gasteiger partial charge in [-0.1, -0.05) is 43.9 Å². The van der Waals surface area contributed by atoms with Gasteiger partial charge in [0.05, 0.1) is 0 Å². The minimum absolute atomic E-state index is 0.382. The third-order valence-electron chi connectivity index (χ3n) is 4.25. The molecule has 2 rings (SSSR count). The summed E-state index contributed by atoms with van der Waals surface area (Å²) in [5.74, 6) is 0. The fourth-order valence-corrected chi connectivity index (χ4v) is 3.21. The van der Waals surface area contributed by atoms with Crippen molar-refractivity contribution in [2.75, 3.05) is 13.1 Å². The molecule has 2 N–H and O–H groups in total. The molecule has 1 aromatic carbocycles. The summed E-state index contributed by atoms with van der Waals surface area (Å²) in [5, 5.41) is 0.877. The molecule has 1 aromatic rings. The fourth-order valence-electron chi connectivity index (χ4n) is 3.03. The van der Waals surface area contributed by atoms with Gasteiger partial charge in [-0.05, 0) is 42.6 Å². The van der Waals surface area contributed by atoms with Gasteiger partial charge in [0, 0.05) is 24.2 Å². The molecule has 0 aliphatic carbocycles. The summed E-state index contributed by atoms with van der Waals surface area (Å²) in [7, 11) is 0. The van der Waals surface area contributed by atoms with Gasteiger partial charge < -0.3 is 5.73 Å². The Morgan fingerprint density at radius 3 is 2.79 bits per heavy atom. The molecule has 0 radical (unpaired) electrons. The standard InChI is InChI=1S/C16H25ClN2/c1-3-4-5-6-9-19-11-14-12(2)15(17)8-7-13(14)16(19)10-18/h7-8,16H,3-6,9-11,18H2,1-2H3. The number of benzene rings is 1. The van der Waals surface area contributed by atoms with Crippen molar-refractivity contribution >= 4 is 11.6 Å². The van der Waals surface area contributed by atoms with Crippen LogP contribution in [0.5, 0.6) is 0 Å². The molecule has 1 aliphatic heterocycles. The Kier molecular flexibility index (Phi) is 5.26. The average Bonchev–Trinajstić information content (AvgIpc) is 2.77. The lowest BCUT2D eigenvalue weighted by Gasteiger charge is -2.23. The van der Waals surface area contributed by atoms with Crippen LogP contribution in [0.15, 0.2) is 12.1 Å². The van der Waals surface area contributed by atoms with Crippen molar-refractivity contribution in [2.24, 2.45) is 5.73 Å². The molecule has 0 spiro atoms. The van der Waals surface area contributed by atoms with Crippen molar-refractivity contribution in [1.29, 1.82) is 0 Å². The average molecular weight is 281 g/mol. The Balaban J connectivity index is 2.07. The first-order valence-corrected chi connectivity index (χ1v) is 7.78. The van der Waals surface area contributed by atoms with Crippen LogP contribution in [0.1, 0.15) is 55.3 Å². The molecule has 3 heteroatoms. The highest BCUT2D eigenvalue weighted by molar-refractivity contribution is 6.31. The van der Waals surface area contributed by atoms with Crippen LogP contribution in [0.4, 0.5) is 0 Å². The predicted octanol–water partition coefficient (Wildman–Crippen LogP) is 4.04. The van der Waals surface area contributed by atoms with Gasteiger partial charge in [-0.2, -0.15) is 0 Å². The highest BCUT2D eigenvalue weighted by Crippen LogP contribution is 2.37. The topological polar surface area (TPSA) is 29.3 Å². The molecule has 0 saturated carbocycles. The van der Waals surface area contributed by atoms with Gasteiger partial charge in [0.2, 0.25) is 0 Å². The summed E-state index contributed by atoms with van der Waals surface area (Å²) in [6.45, 7) is 7.22. The first-order valence-electron chi connectivity index (χ1n) is 7.41. The van der Waals surface area contributed by atoms with Crippen LogP contribution >= 0.6 is 11.6 Å². The Hall–Kier alpha value is -0.570.